The first-order chi connectivity index (χ1) is 12.7. The highest BCUT2D eigenvalue weighted by atomic mass is 79.9. The van der Waals surface area contributed by atoms with Crippen LogP contribution in [0.5, 0.6) is 28.9 Å². The lowest BCUT2D eigenvalue weighted by Gasteiger charge is -2.13. The number of thiophene rings is 1. The van der Waals surface area contributed by atoms with Crippen LogP contribution in [-0.4, -0.2) is 47.6 Å². The van der Waals surface area contributed by atoms with Crippen molar-refractivity contribution in [2.75, 3.05) is 0 Å². The molecule has 0 aliphatic carbocycles. The van der Waals surface area contributed by atoms with Crippen molar-refractivity contribution in [3.63, 3.8) is 0 Å². The minimum absolute atomic E-state index is 0.0408. The average Bonchev–Trinajstić information content (AvgIpc) is 3.18. The first-order valence-corrected chi connectivity index (χ1v) is 9.73. The van der Waals surface area contributed by atoms with Gasteiger partial charge in [-0.05, 0) is 40.0 Å². The average molecular weight is 477 g/mol. The second-order valence-corrected chi connectivity index (χ2v) is 9.07. The first kappa shape index (κ1) is 19.5. The Morgan fingerprint density at radius 3 is 2.41 bits per heavy atom. The Labute approximate surface area is 168 Å². The van der Waals surface area contributed by atoms with E-state index >= 15 is 0 Å². The second kappa shape index (κ2) is 7.38. The van der Waals surface area contributed by atoms with Crippen molar-refractivity contribution in [1.82, 2.24) is 9.71 Å². The predicted molar refractivity (Wildman–Crippen MR) is 103 cm³/mol. The first-order valence-electron chi connectivity index (χ1n) is 7.30. The van der Waals surface area contributed by atoms with Crippen molar-refractivity contribution in [2.24, 2.45) is 0 Å². The maximum atomic E-state index is 11.6. The maximum absolute atomic E-state index is 11.6. The molecule has 9 nitrogen and oxygen atoms in total. The van der Waals surface area contributed by atoms with Gasteiger partial charge in [0.25, 0.3) is 0 Å². The fraction of sp³-hybridized carbons (Fsp3) is 0.133. The van der Waals surface area contributed by atoms with Gasteiger partial charge in [0.15, 0.2) is 17.4 Å². The van der Waals surface area contributed by atoms with Gasteiger partial charge in [-0.2, -0.15) is 0 Å². The quantitative estimate of drug-likeness (QED) is 0.151. The highest BCUT2D eigenvalue weighted by molar-refractivity contribution is 9.11. The van der Waals surface area contributed by atoms with E-state index in [0.29, 0.717) is 0 Å². The molecule has 0 saturated carbocycles. The van der Waals surface area contributed by atoms with E-state index in [1.54, 1.807) is 6.07 Å². The van der Waals surface area contributed by atoms with Crippen molar-refractivity contribution in [3.8, 4) is 28.9 Å². The number of aromatic nitrogens is 1. The molecule has 3 rings (SSSR count). The molecule has 1 aromatic carbocycles. The van der Waals surface area contributed by atoms with Crippen molar-refractivity contribution >= 4 is 56.1 Å². The van der Waals surface area contributed by atoms with E-state index in [-0.39, 0.29) is 22.9 Å². The van der Waals surface area contributed by atoms with Crippen molar-refractivity contribution < 1.29 is 35.4 Å². The summed E-state index contributed by atoms with van der Waals surface area (Å²) in [6.45, 7) is 0. The summed E-state index contributed by atoms with van der Waals surface area (Å²) in [5.74, 6) is -5.21. The van der Waals surface area contributed by atoms with Crippen LogP contribution in [0.4, 0.5) is 0 Å². The molecule has 1 atom stereocenters. The molecule has 0 spiro atoms. The van der Waals surface area contributed by atoms with Gasteiger partial charge < -0.3 is 35.6 Å². The summed E-state index contributed by atoms with van der Waals surface area (Å²) >= 11 is 5.80. The molecule has 8 N–H and O–H groups in total. The van der Waals surface area contributed by atoms with Crippen LogP contribution < -0.4 is 4.72 Å². The number of hydrogen-bond donors (Lipinski definition) is 8. The summed E-state index contributed by atoms with van der Waals surface area (Å²) in [6.07, 6.45) is -0.280. The summed E-state index contributed by atoms with van der Waals surface area (Å²) in [5, 5.41) is 58.7. The van der Waals surface area contributed by atoms with Crippen LogP contribution in [0.1, 0.15) is 5.56 Å². The number of nitrogens with one attached hydrogen (secondary N) is 2. The lowest BCUT2D eigenvalue weighted by Crippen LogP contribution is -2.34. The molecule has 0 fully saturated rings. The molecule has 0 aliphatic rings. The second-order valence-electron chi connectivity index (χ2n) is 5.47. The largest absolute Gasteiger partial charge is 0.504 e. The zero-order valence-electron chi connectivity index (χ0n) is 13.2. The third-order valence-electron chi connectivity index (χ3n) is 3.78. The predicted octanol–water partition coefficient (Wildman–Crippen LogP) is 2.81. The number of rotatable bonds is 6. The monoisotopic (exact) mass is 476 g/mol. The number of phenols is 4. The van der Waals surface area contributed by atoms with Crippen molar-refractivity contribution in [2.45, 2.75) is 16.7 Å². The molecule has 3 aromatic rings. The van der Waals surface area contributed by atoms with Crippen molar-refractivity contribution in [1.29, 1.82) is 0 Å². The van der Waals surface area contributed by atoms with E-state index in [4.69, 9.17) is 0 Å². The Kier molecular flexibility index (Phi) is 5.33. The number of aliphatic carboxylic acids is 1. The summed E-state index contributed by atoms with van der Waals surface area (Å²) < 4.78 is 4.45. The summed E-state index contributed by atoms with van der Waals surface area (Å²) in [7, 11) is 0. The lowest BCUT2D eigenvalue weighted by atomic mass is 10.0. The number of phenolic OH excluding ortho intramolecular Hbond substituents is 4. The SMILES string of the molecule is O=C(O)[C@@H](Cc1c(O)[nH]c2c(O)c(O)c(O)c(O)c12)NSc1ccc(Br)s1. The summed E-state index contributed by atoms with van der Waals surface area (Å²) in [5.41, 5.74) is -0.268. The van der Waals surface area contributed by atoms with Gasteiger partial charge in [0.1, 0.15) is 6.04 Å². The standard InChI is InChI=1S/C15H13BrN2O7S2/c16-6-1-2-7(26-6)27-18-5(15(24)25)3-4-8-9(17-14(4)23)11(20)13(22)12(21)10(8)19/h1-2,5,17-23H,3H2,(H,24,25)/t5-/m1/s1. The van der Waals surface area contributed by atoms with Crippen LogP contribution in [-0.2, 0) is 11.2 Å². The van der Waals surface area contributed by atoms with Crippen LogP contribution in [0.15, 0.2) is 20.1 Å². The van der Waals surface area contributed by atoms with E-state index in [1.165, 1.54) is 11.3 Å². The highest BCUT2D eigenvalue weighted by Gasteiger charge is 2.28. The van der Waals surface area contributed by atoms with Crippen LogP contribution >= 0.6 is 39.2 Å². The Hall–Kier alpha value is -2.28. The van der Waals surface area contributed by atoms with Crippen LogP contribution in [0.3, 0.4) is 0 Å². The number of fused-ring (bicyclic) bond motifs is 1. The van der Waals surface area contributed by atoms with Crippen LogP contribution in [0.2, 0.25) is 0 Å². The Morgan fingerprint density at radius 2 is 1.81 bits per heavy atom. The van der Waals surface area contributed by atoms with Gasteiger partial charge in [-0.25, -0.2) is 4.72 Å². The topological polar surface area (TPSA) is 166 Å². The molecular weight excluding hydrogens is 464 g/mol. The van der Waals surface area contributed by atoms with Gasteiger partial charge in [-0.3, -0.25) is 4.79 Å². The number of carboxylic acid groups (broad SMARTS) is 1. The minimum atomic E-state index is -1.21. The smallest absolute Gasteiger partial charge is 0.321 e. The normalized spacial score (nSPS) is 12.5. The van der Waals surface area contributed by atoms with Gasteiger partial charge in [-0.15, -0.1) is 11.3 Å². The fourth-order valence-electron chi connectivity index (χ4n) is 2.49. The Morgan fingerprint density at radius 1 is 1.15 bits per heavy atom. The van der Waals surface area contributed by atoms with E-state index < -0.39 is 40.9 Å². The number of benzene rings is 1. The molecule has 144 valence electrons. The van der Waals surface area contributed by atoms with Gasteiger partial charge in [0, 0.05) is 12.0 Å². The van der Waals surface area contributed by atoms with E-state index in [1.807, 2.05) is 6.07 Å². The molecular formula is C15H13BrN2O7S2. The van der Waals surface area contributed by atoms with Gasteiger partial charge in [0.05, 0.1) is 18.9 Å². The maximum Gasteiger partial charge on any atom is 0.321 e. The molecule has 2 heterocycles. The molecule has 0 saturated heterocycles. The molecule has 0 bridgehead atoms. The number of hydrogen-bond acceptors (Lipinski definition) is 9. The van der Waals surface area contributed by atoms with E-state index in [2.05, 4.69) is 25.6 Å². The molecule has 2 aromatic heterocycles. The fourth-order valence-corrected chi connectivity index (χ4v) is 5.09. The molecule has 0 aliphatic heterocycles. The molecule has 0 radical (unpaired) electrons. The Bertz CT molecular complexity index is 1030. The molecule has 12 heteroatoms. The van der Waals surface area contributed by atoms with E-state index in [9.17, 15) is 35.4 Å². The van der Waals surface area contributed by atoms with E-state index in [0.717, 1.165) is 19.9 Å². The number of H-pyrrole nitrogens is 1. The number of carbonyl (C=O) groups is 1. The number of aromatic hydroxyl groups is 5. The zero-order chi connectivity index (χ0) is 19.9. The molecule has 0 unspecified atom stereocenters. The molecule has 0 amide bonds. The third-order valence-corrected chi connectivity index (χ3v) is 6.44. The number of halogens is 1. The Balaban J connectivity index is 1.95. The van der Waals surface area contributed by atoms with Crippen molar-refractivity contribution in [3.05, 3.63) is 21.5 Å². The summed E-state index contributed by atoms with van der Waals surface area (Å²) in [4.78, 5) is 14.0. The molecule has 27 heavy (non-hydrogen) atoms. The van der Waals surface area contributed by atoms with Crippen LogP contribution in [0.25, 0.3) is 10.9 Å². The minimum Gasteiger partial charge on any atom is -0.504 e. The number of aromatic amines is 1. The summed E-state index contributed by atoms with van der Waals surface area (Å²) in [6, 6.07) is 2.43. The lowest BCUT2D eigenvalue weighted by molar-refractivity contribution is -0.138. The van der Waals surface area contributed by atoms with Gasteiger partial charge in [0.2, 0.25) is 11.5 Å². The zero-order valence-corrected chi connectivity index (χ0v) is 16.4. The van der Waals surface area contributed by atoms with Crippen LogP contribution in [0, 0.1) is 0 Å². The van der Waals surface area contributed by atoms with Gasteiger partial charge in [-0.1, -0.05) is 0 Å². The van der Waals surface area contributed by atoms with Gasteiger partial charge >= 0.3 is 5.97 Å². The highest BCUT2D eigenvalue weighted by Crippen LogP contribution is 2.51. The number of carboxylic acids is 1. The third kappa shape index (κ3) is 3.60.